The van der Waals surface area contributed by atoms with Crippen molar-refractivity contribution in [1.29, 1.82) is 0 Å². The van der Waals surface area contributed by atoms with Gasteiger partial charge in [0, 0.05) is 18.0 Å². The van der Waals surface area contributed by atoms with Gasteiger partial charge in [-0.1, -0.05) is 18.2 Å². The molecule has 1 aliphatic heterocycles. The minimum Gasteiger partial charge on any atom is -0.337 e. The Morgan fingerprint density at radius 1 is 1.12 bits per heavy atom. The van der Waals surface area contributed by atoms with Gasteiger partial charge in [0.15, 0.2) is 11.5 Å². The van der Waals surface area contributed by atoms with E-state index in [2.05, 4.69) is 20.7 Å². The Morgan fingerprint density at radius 3 is 2.52 bits per heavy atom. The quantitative estimate of drug-likeness (QED) is 0.857. The second-order valence-electron chi connectivity index (χ2n) is 6.38. The maximum atomic E-state index is 12.8. The molecule has 0 bridgehead atoms. The van der Waals surface area contributed by atoms with Crippen LogP contribution < -0.4 is 5.32 Å². The summed E-state index contributed by atoms with van der Waals surface area (Å²) in [6.07, 6.45) is 3.63. The third-order valence-electron chi connectivity index (χ3n) is 4.55. The number of benzene rings is 1. The molecule has 0 spiro atoms. The van der Waals surface area contributed by atoms with E-state index >= 15 is 0 Å². The zero-order valence-corrected chi connectivity index (χ0v) is 14.5. The Balaban J connectivity index is 1.46. The summed E-state index contributed by atoms with van der Waals surface area (Å²) < 4.78 is -0.478. The van der Waals surface area contributed by atoms with E-state index in [1.54, 1.807) is 16.7 Å². The Bertz CT molecular complexity index is 781. The van der Waals surface area contributed by atoms with Gasteiger partial charge in [0.2, 0.25) is 5.91 Å². The zero-order chi connectivity index (χ0) is 17.3. The predicted octanol–water partition coefficient (Wildman–Crippen LogP) is 2.30. The second kappa shape index (κ2) is 6.51. The van der Waals surface area contributed by atoms with Crippen molar-refractivity contribution in [2.75, 3.05) is 18.4 Å². The fourth-order valence-electron chi connectivity index (χ4n) is 2.96. The molecule has 2 amide bonds. The fourth-order valence-corrected chi connectivity index (χ4v) is 4.16. The molecule has 1 aromatic heterocycles. The SMILES string of the molecule is O=C(c1n[nH]nc1NC(=O)C1(Sc2ccccc2)CC1)N1CCCC1. The van der Waals surface area contributed by atoms with Gasteiger partial charge in [-0.3, -0.25) is 9.59 Å². The van der Waals surface area contributed by atoms with Crippen molar-refractivity contribution in [2.24, 2.45) is 0 Å². The van der Waals surface area contributed by atoms with Crippen molar-refractivity contribution in [3.8, 4) is 0 Å². The minimum atomic E-state index is -0.478. The number of amides is 2. The van der Waals surface area contributed by atoms with Crippen LogP contribution in [0, 0.1) is 0 Å². The molecule has 8 heteroatoms. The molecule has 2 heterocycles. The van der Waals surface area contributed by atoms with Crippen molar-refractivity contribution < 1.29 is 9.59 Å². The molecule has 25 heavy (non-hydrogen) atoms. The highest BCUT2D eigenvalue weighted by Gasteiger charge is 2.51. The van der Waals surface area contributed by atoms with E-state index in [4.69, 9.17) is 0 Å². The topological polar surface area (TPSA) is 91.0 Å². The van der Waals surface area contributed by atoms with E-state index in [-0.39, 0.29) is 23.3 Å². The molecule has 2 aliphatic rings. The summed E-state index contributed by atoms with van der Waals surface area (Å²) in [4.78, 5) is 28.1. The fraction of sp³-hybridized carbons (Fsp3) is 0.412. The molecule has 1 aromatic carbocycles. The van der Waals surface area contributed by atoms with Gasteiger partial charge in [0.05, 0.1) is 4.75 Å². The number of hydrogen-bond donors (Lipinski definition) is 2. The summed E-state index contributed by atoms with van der Waals surface area (Å²) in [5.74, 6) is -0.0744. The highest BCUT2D eigenvalue weighted by atomic mass is 32.2. The Morgan fingerprint density at radius 2 is 1.84 bits per heavy atom. The predicted molar refractivity (Wildman–Crippen MR) is 94.4 cm³/mol. The molecule has 1 saturated carbocycles. The molecule has 4 rings (SSSR count). The number of carbonyl (C=O) groups excluding carboxylic acids is 2. The molecule has 1 aliphatic carbocycles. The number of nitrogens with zero attached hydrogens (tertiary/aromatic N) is 3. The van der Waals surface area contributed by atoms with Crippen LogP contribution in [0.1, 0.15) is 36.2 Å². The number of likely N-dealkylation sites (tertiary alicyclic amines) is 1. The lowest BCUT2D eigenvalue weighted by Gasteiger charge is -2.16. The molecule has 130 valence electrons. The van der Waals surface area contributed by atoms with E-state index in [1.807, 2.05) is 30.3 Å². The molecular formula is C17H19N5O2S. The monoisotopic (exact) mass is 357 g/mol. The third-order valence-corrected chi connectivity index (χ3v) is 6.04. The van der Waals surface area contributed by atoms with Gasteiger partial charge in [-0.2, -0.15) is 5.21 Å². The lowest BCUT2D eigenvalue weighted by Crippen LogP contribution is -2.31. The standard InChI is InChI=1S/C17H19N5O2S/c23-15(22-10-4-5-11-22)13-14(20-21-19-13)18-16(24)17(8-9-17)25-12-6-2-1-3-7-12/h1-3,6-7H,4-5,8-11H2,(H2,18,19,20,21,24). The van der Waals surface area contributed by atoms with E-state index in [0.717, 1.165) is 43.7 Å². The summed E-state index contributed by atoms with van der Waals surface area (Å²) in [7, 11) is 0. The van der Waals surface area contributed by atoms with Gasteiger partial charge in [-0.25, -0.2) is 0 Å². The normalized spacial score (nSPS) is 18.2. The number of H-pyrrole nitrogens is 1. The van der Waals surface area contributed by atoms with Crippen molar-refractivity contribution in [3.05, 3.63) is 36.0 Å². The van der Waals surface area contributed by atoms with Crippen LogP contribution in [0.3, 0.4) is 0 Å². The van der Waals surface area contributed by atoms with E-state index < -0.39 is 4.75 Å². The number of nitrogens with one attached hydrogen (secondary N) is 2. The first-order valence-electron chi connectivity index (χ1n) is 8.43. The first-order chi connectivity index (χ1) is 12.2. The van der Waals surface area contributed by atoms with Gasteiger partial charge < -0.3 is 10.2 Å². The number of anilines is 1. The summed E-state index contributed by atoms with van der Waals surface area (Å²) in [6.45, 7) is 1.46. The Labute approximate surface area is 149 Å². The summed E-state index contributed by atoms with van der Waals surface area (Å²) in [5.41, 5.74) is 0.191. The van der Waals surface area contributed by atoms with Crippen molar-refractivity contribution >= 4 is 29.4 Å². The van der Waals surface area contributed by atoms with Crippen molar-refractivity contribution in [3.63, 3.8) is 0 Å². The average Bonchev–Trinajstić information content (AvgIpc) is 3.04. The van der Waals surface area contributed by atoms with E-state index in [0.29, 0.717) is 0 Å². The van der Waals surface area contributed by atoms with Crippen LogP contribution in [0.25, 0.3) is 0 Å². The maximum Gasteiger partial charge on any atom is 0.278 e. The number of hydrogen-bond acceptors (Lipinski definition) is 5. The number of carbonyl (C=O) groups is 2. The smallest absolute Gasteiger partial charge is 0.278 e. The van der Waals surface area contributed by atoms with Crippen LogP contribution in [0.5, 0.6) is 0 Å². The number of aromatic nitrogens is 3. The van der Waals surface area contributed by atoms with Crippen LogP contribution in [0.2, 0.25) is 0 Å². The molecule has 2 aromatic rings. The maximum absolute atomic E-state index is 12.8. The molecule has 7 nitrogen and oxygen atoms in total. The first-order valence-corrected chi connectivity index (χ1v) is 9.25. The lowest BCUT2D eigenvalue weighted by atomic mass is 10.3. The van der Waals surface area contributed by atoms with Crippen LogP contribution in [0.4, 0.5) is 5.82 Å². The summed E-state index contributed by atoms with van der Waals surface area (Å²) in [5, 5.41) is 13.2. The number of thioether (sulfide) groups is 1. The highest BCUT2D eigenvalue weighted by molar-refractivity contribution is 8.01. The molecule has 0 radical (unpaired) electrons. The lowest BCUT2D eigenvalue weighted by molar-refractivity contribution is -0.116. The number of aromatic amines is 1. The molecule has 1 saturated heterocycles. The summed E-state index contributed by atoms with van der Waals surface area (Å²) >= 11 is 1.56. The summed E-state index contributed by atoms with van der Waals surface area (Å²) in [6, 6.07) is 9.86. The molecular weight excluding hydrogens is 338 g/mol. The van der Waals surface area contributed by atoms with E-state index in [1.165, 1.54) is 0 Å². The van der Waals surface area contributed by atoms with Gasteiger partial charge in [0.1, 0.15) is 0 Å². The van der Waals surface area contributed by atoms with Gasteiger partial charge >= 0.3 is 0 Å². The second-order valence-corrected chi connectivity index (χ2v) is 7.84. The molecule has 0 atom stereocenters. The van der Waals surface area contributed by atoms with Gasteiger partial charge in [0.25, 0.3) is 5.91 Å². The molecule has 0 unspecified atom stereocenters. The average molecular weight is 357 g/mol. The van der Waals surface area contributed by atoms with Crippen molar-refractivity contribution in [2.45, 2.75) is 35.3 Å². The van der Waals surface area contributed by atoms with Crippen LogP contribution in [-0.4, -0.2) is 50.0 Å². The van der Waals surface area contributed by atoms with Crippen LogP contribution in [0.15, 0.2) is 35.2 Å². The molecule has 2 N–H and O–H groups in total. The Hall–Kier alpha value is -2.35. The Kier molecular flexibility index (Phi) is 4.20. The van der Waals surface area contributed by atoms with Gasteiger partial charge in [-0.05, 0) is 37.8 Å². The molecule has 2 fully saturated rings. The van der Waals surface area contributed by atoms with Crippen LogP contribution in [-0.2, 0) is 4.79 Å². The highest BCUT2D eigenvalue weighted by Crippen LogP contribution is 2.52. The van der Waals surface area contributed by atoms with Crippen LogP contribution >= 0.6 is 11.8 Å². The first kappa shape index (κ1) is 16.1. The zero-order valence-electron chi connectivity index (χ0n) is 13.7. The van der Waals surface area contributed by atoms with E-state index in [9.17, 15) is 9.59 Å². The largest absolute Gasteiger partial charge is 0.337 e. The third kappa shape index (κ3) is 3.26. The van der Waals surface area contributed by atoms with Crippen molar-refractivity contribution in [1.82, 2.24) is 20.3 Å². The van der Waals surface area contributed by atoms with Gasteiger partial charge in [-0.15, -0.1) is 22.0 Å². The minimum absolute atomic E-state index is 0.120. The number of rotatable bonds is 5.